The molecule has 2 heterocycles. The Kier molecular flexibility index (Phi) is 4.02. The van der Waals surface area contributed by atoms with Gasteiger partial charge in [0.15, 0.2) is 0 Å². The van der Waals surface area contributed by atoms with Crippen LogP contribution in [0.25, 0.3) is 0 Å². The molecule has 2 amide bonds. The van der Waals surface area contributed by atoms with Gasteiger partial charge in [-0.3, -0.25) is 9.59 Å². The highest BCUT2D eigenvalue weighted by atomic mass is 16.2. The normalized spacial score (nSPS) is 19.3. The maximum Gasteiger partial charge on any atom is 0.225 e. The van der Waals surface area contributed by atoms with Crippen molar-refractivity contribution in [3.63, 3.8) is 0 Å². The molecule has 5 nitrogen and oxygen atoms in total. The second kappa shape index (κ2) is 5.71. The van der Waals surface area contributed by atoms with Gasteiger partial charge in [0.2, 0.25) is 11.8 Å². The van der Waals surface area contributed by atoms with Crippen LogP contribution in [0.2, 0.25) is 0 Å². The first-order valence-electron chi connectivity index (χ1n) is 6.37. The molecule has 1 aromatic rings. The molecule has 1 fully saturated rings. The molecule has 0 aliphatic carbocycles. The maximum atomic E-state index is 11.9. The van der Waals surface area contributed by atoms with Crippen LogP contribution in [0.1, 0.15) is 13.3 Å². The van der Waals surface area contributed by atoms with Crippen molar-refractivity contribution >= 4 is 11.8 Å². The molecule has 5 heteroatoms. The second-order valence-corrected chi connectivity index (χ2v) is 4.55. The number of hydrogen-bond acceptors (Lipinski definition) is 2. The van der Waals surface area contributed by atoms with Gasteiger partial charge < -0.3 is 14.8 Å². The molecule has 18 heavy (non-hydrogen) atoms. The highest BCUT2D eigenvalue weighted by Crippen LogP contribution is 2.17. The van der Waals surface area contributed by atoms with Crippen LogP contribution in [0.5, 0.6) is 0 Å². The van der Waals surface area contributed by atoms with E-state index in [0.717, 1.165) is 6.54 Å². The molecule has 0 saturated carbocycles. The largest absolute Gasteiger partial charge is 0.354 e. The zero-order chi connectivity index (χ0) is 13.0. The summed E-state index contributed by atoms with van der Waals surface area (Å²) >= 11 is 0. The van der Waals surface area contributed by atoms with E-state index in [0.29, 0.717) is 26.1 Å². The summed E-state index contributed by atoms with van der Waals surface area (Å²) in [7, 11) is 0. The molecule has 0 spiro atoms. The molecule has 1 aliphatic rings. The number of nitrogens with one attached hydrogen (secondary N) is 1. The van der Waals surface area contributed by atoms with E-state index in [9.17, 15) is 9.59 Å². The van der Waals surface area contributed by atoms with Crippen LogP contribution in [0.4, 0.5) is 0 Å². The first kappa shape index (κ1) is 12.7. The predicted octanol–water partition coefficient (Wildman–Crippen LogP) is 0.473. The van der Waals surface area contributed by atoms with Gasteiger partial charge in [0.25, 0.3) is 0 Å². The summed E-state index contributed by atoms with van der Waals surface area (Å²) in [6.45, 7) is 4.54. The third-order valence-electron chi connectivity index (χ3n) is 3.30. The molecule has 2 rings (SSSR count). The van der Waals surface area contributed by atoms with Gasteiger partial charge in [0.05, 0.1) is 5.92 Å². The third kappa shape index (κ3) is 2.91. The van der Waals surface area contributed by atoms with Gasteiger partial charge in [0.1, 0.15) is 0 Å². The van der Waals surface area contributed by atoms with Gasteiger partial charge in [-0.15, -0.1) is 0 Å². The average Bonchev–Trinajstić information content (AvgIpc) is 2.98. The van der Waals surface area contributed by atoms with Crippen LogP contribution in [0.3, 0.4) is 0 Å². The Bertz CT molecular complexity index is 414. The number of carbonyl (C=O) groups excluding carboxylic acids is 2. The van der Waals surface area contributed by atoms with E-state index in [1.54, 1.807) is 4.90 Å². The van der Waals surface area contributed by atoms with Gasteiger partial charge in [0, 0.05) is 45.0 Å². The topological polar surface area (TPSA) is 54.3 Å². The summed E-state index contributed by atoms with van der Waals surface area (Å²) in [5.41, 5.74) is 0. The van der Waals surface area contributed by atoms with Gasteiger partial charge in [-0.2, -0.15) is 0 Å². The summed E-state index contributed by atoms with van der Waals surface area (Å²) in [4.78, 5) is 25.1. The lowest BCUT2D eigenvalue weighted by Crippen LogP contribution is -2.34. The van der Waals surface area contributed by atoms with Crippen LogP contribution in [0.15, 0.2) is 24.5 Å². The molecule has 0 radical (unpaired) electrons. The molecular weight excluding hydrogens is 230 g/mol. The summed E-state index contributed by atoms with van der Waals surface area (Å²) < 4.78 is 2.01. The molecular formula is C13H19N3O2. The highest BCUT2D eigenvalue weighted by Gasteiger charge is 2.32. The number of aromatic nitrogens is 1. The molecule has 98 valence electrons. The van der Waals surface area contributed by atoms with E-state index in [-0.39, 0.29) is 17.7 Å². The second-order valence-electron chi connectivity index (χ2n) is 4.55. The van der Waals surface area contributed by atoms with Gasteiger partial charge in [-0.05, 0) is 19.1 Å². The molecule has 1 atom stereocenters. The first-order chi connectivity index (χ1) is 8.70. The average molecular weight is 249 g/mol. The summed E-state index contributed by atoms with van der Waals surface area (Å²) in [6, 6.07) is 3.91. The Labute approximate surface area is 107 Å². The minimum Gasteiger partial charge on any atom is -0.354 e. The minimum absolute atomic E-state index is 0.00791. The first-order valence-corrected chi connectivity index (χ1v) is 6.37. The molecule has 1 saturated heterocycles. The molecule has 1 aliphatic heterocycles. The van der Waals surface area contributed by atoms with Crippen molar-refractivity contribution in [1.29, 1.82) is 0 Å². The van der Waals surface area contributed by atoms with Crippen LogP contribution in [-0.2, 0) is 16.1 Å². The third-order valence-corrected chi connectivity index (χ3v) is 3.30. The Hall–Kier alpha value is -1.78. The molecule has 0 bridgehead atoms. The smallest absolute Gasteiger partial charge is 0.225 e. The van der Waals surface area contributed by atoms with E-state index in [4.69, 9.17) is 0 Å². The van der Waals surface area contributed by atoms with E-state index in [1.165, 1.54) is 0 Å². The molecule has 1 N–H and O–H groups in total. The molecule has 1 aromatic heterocycles. The van der Waals surface area contributed by atoms with Crippen LogP contribution < -0.4 is 5.32 Å². The number of amides is 2. The summed E-state index contributed by atoms with van der Waals surface area (Å²) in [5, 5.41) is 2.89. The standard InChI is InChI=1S/C13H19N3O2/c1-2-16-10-11(9-12(16)17)13(18)14-5-8-15-6-3-4-7-15/h3-4,6-7,11H,2,5,8-10H2,1H3,(H,14,18)/t11-/m0/s1. The lowest BCUT2D eigenvalue weighted by atomic mass is 10.1. The van der Waals surface area contributed by atoms with Crippen molar-refractivity contribution in [2.24, 2.45) is 5.92 Å². The molecule has 0 aromatic carbocycles. The van der Waals surface area contributed by atoms with E-state index < -0.39 is 0 Å². The lowest BCUT2D eigenvalue weighted by Gasteiger charge is -2.13. The van der Waals surface area contributed by atoms with Crippen molar-refractivity contribution in [2.45, 2.75) is 19.9 Å². The Morgan fingerprint density at radius 1 is 1.44 bits per heavy atom. The highest BCUT2D eigenvalue weighted by molar-refractivity contribution is 5.89. The number of nitrogens with zero attached hydrogens (tertiary/aromatic N) is 2. The number of carbonyl (C=O) groups is 2. The Morgan fingerprint density at radius 3 is 2.78 bits per heavy atom. The van der Waals surface area contributed by atoms with Gasteiger partial charge >= 0.3 is 0 Å². The fourth-order valence-corrected chi connectivity index (χ4v) is 2.23. The van der Waals surface area contributed by atoms with E-state index >= 15 is 0 Å². The molecule has 0 unspecified atom stereocenters. The number of rotatable bonds is 5. The van der Waals surface area contributed by atoms with Crippen LogP contribution in [0, 0.1) is 5.92 Å². The van der Waals surface area contributed by atoms with Gasteiger partial charge in [-0.25, -0.2) is 0 Å². The number of likely N-dealkylation sites (tertiary alicyclic amines) is 1. The summed E-state index contributed by atoms with van der Waals surface area (Å²) in [6.07, 6.45) is 4.28. The maximum absolute atomic E-state index is 11.9. The van der Waals surface area contributed by atoms with Crippen LogP contribution >= 0.6 is 0 Å². The fourth-order valence-electron chi connectivity index (χ4n) is 2.23. The minimum atomic E-state index is -0.179. The van der Waals surface area contributed by atoms with Crippen molar-refractivity contribution in [1.82, 2.24) is 14.8 Å². The SMILES string of the molecule is CCN1C[C@@H](C(=O)NCCn2cccc2)CC1=O. The Morgan fingerprint density at radius 2 is 2.17 bits per heavy atom. The van der Waals surface area contributed by atoms with E-state index in [1.807, 2.05) is 36.0 Å². The zero-order valence-corrected chi connectivity index (χ0v) is 10.6. The quantitative estimate of drug-likeness (QED) is 0.825. The zero-order valence-electron chi connectivity index (χ0n) is 10.6. The monoisotopic (exact) mass is 249 g/mol. The van der Waals surface area contributed by atoms with Crippen molar-refractivity contribution in [2.75, 3.05) is 19.6 Å². The van der Waals surface area contributed by atoms with Crippen molar-refractivity contribution < 1.29 is 9.59 Å². The fraction of sp³-hybridized carbons (Fsp3) is 0.538. The number of hydrogen-bond donors (Lipinski definition) is 1. The Balaban J connectivity index is 1.74. The van der Waals surface area contributed by atoms with E-state index in [2.05, 4.69) is 5.32 Å². The predicted molar refractivity (Wildman–Crippen MR) is 67.8 cm³/mol. The summed E-state index contributed by atoms with van der Waals surface area (Å²) in [5.74, 6) is -0.100. The van der Waals surface area contributed by atoms with Crippen molar-refractivity contribution in [3.8, 4) is 0 Å². The van der Waals surface area contributed by atoms with Gasteiger partial charge in [-0.1, -0.05) is 0 Å². The van der Waals surface area contributed by atoms with Crippen molar-refractivity contribution in [3.05, 3.63) is 24.5 Å². The van der Waals surface area contributed by atoms with Crippen LogP contribution in [-0.4, -0.2) is 40.9 Å². The lowest BCUT2D eigenvalue weighted by molar-refractivity contribution is -0.128.